The number of hydrogen-bond acceptors (Lipinski definition) is 9. The summed E-state index contributed by atoms with van der Waals surface area (Å²) in [6, 6.07) is 0. The molecule has 0 bridgehead atoms. The fraction of sp³-hybridized carbons (Fsp3) is 0.983. The first-order valence-corrected chi connectivity index (χ1v) is 30.6. The number of ether oxygens (including phenoxy) is 4. The highest BCUT2D eigenvalue weighted by molar-refractivity contribution is 5.69. The van der Waals surface area contributed by atoms with Crippen molar-refractivity contribution in [3.8, 4) is 0 Å². The largest absolute Gasteiger partial charge is 0.457 e. The molecule has 9 nitrogen and oxygen atoms in total. The topological polar surface area (TPSA) is 135 Å². The monoisotopic (exact) mass is 983 g/mol. The Morgan fingerprint density at radius 3 is 1.03 bits per heavy atom. The van der Waals surface area contributed by atoms with E-state index in [1.807, 2.05) is 0 Å². The smallest absolute Gasteiger partial charge is 0.306 e. The van der Waals surface area contributed by atoms with E-state index in [0.29, 0.717) is 13.0 Å². The molecule has 0 amide bonds. The van der Waals surface area contributed by atoms with Crippen molar-refractivity contribution in [1.82, 2.24) is 0 Å². The van der Waals surface area contributed by atoms with Gasteiger partial charge in [-0.15, -0.1) is 0 Å². The zero-order valence-corrected chi connectivity index (χ0v) is 45.9. The van der Waals surface area contributed by atoms with Crippen LogP contribution in [0.3, 0.4) is 0 Å². The molecule has 0 aromatic rings. The van der Waals surface area contributed by atoms with Crippen LogP contribution in [0.15, 0.2) is 0 Å². The van der Waals surface area contributed by atoms with E-state index in [9.17, 15) is 25.2 Å². The molecule has 1 fully saturated rings. The molecular weight excluding hydrogens is 865 g/mol. The van der Waals surface area contributed by atoms with E-state index in [0.717, 1.165) is 32.1 Å². The first kappa shape index (κ1) is 66.2. The molecule has 4 N–H and O–H groups in total. The molecule has 0 aliphatic carbocycles. The second-order valence-electron chi connectivity index (χ2n) is 21.5. The molecule has 0 radical (unpaired) electrons. The Labute approximate surface area is 427 Å². The predicted octanol–water partition coefficient (Wildman–Crippen LogP) is 16.1. The minimum Gasteiger partial charge on any atom is -0.457 e. The number of aliphatic hydroxyl groups is 4. The summed E-state index contributed by atoms with van der Waals surface area (Å²) in [5, 5.41) is 40.4. The van der Waals surface area contributed by atoms with Gasteiger partial charge in [-0.2, -0.15) is 0 Å². The number of hydrogen-bond donors (Lipinski definition) is 4. The van der Waals surface area contributed by atoms with E-state index in [1.165, 1.54) is 263 Å². The average Bonchev–Trinajstić information content (AvgIpc) is 3.35. The minimum atomic E-state index is -1.53. The van der Waals surface area contributed by atoms with Gasteiger partial charge < -0.3 is 39.4 Å². The molecule has 1 heterocycles. The molecule has 1 aliphatic heterocycles. The van der Waals surface area contributed by atoms with Gasteiger partial charge in [-0.05, 0) is 12.8 Å². The summed E-state index contributed by atoms with van der Waals surface area (Å²) in [7, 11) is 0. The van der Waals surface area contributed by atoms with Crippen molar-refractivity contribution in [2.75, 3.05) is 26.4 Å². The number of carbonyl (C=O) groups excluding carboxylic acids is 1. The van der Waals surface area contributed by atoms with Gasteiger partial charge in [-0.3, -0.25) is 4.79 Å². The standard InChI is InChI=1S/C60H118O9/c1-3-5-7-9-11-13-15-17-19-21-23-25-27-28-30-32-34-36-38-40-42-44-46-48-50-66-52-54(53-67-60-59(65)58(64)57(63)55(51-61)69-60)68-56(62)49-47-45-43-41-39-37-35-33-31-29-26-24-22-20-18-16-14-12-10-8-6-4-2/h54-55,57-61,63-65H,3-53H2,1-2H3. The highest BCUT2D eigenvalue weighted by Gasteiger charge is 2.44. The van der Waals surface area contributed by atoms with Crippen molar-refractivity contribution >= 4 is 5.97 Å². The second-order valence-corrected chi connectivity index (χ2v) is 21.5. The zero-order valence-electron chi connectivity index (χ0n) is 45.9. The van der Waals surface area contributed by atoms with Crippen molar-refractivity contribution in [1.29, 1.82) is 0 Å². The van der Waals surface area contributed by atoms with Crippen molar-refractivity contribution < 1.29 is 44.2 Å². The molecule has 1 rings (SSSR count). The fourth-order valence-electron chi connectivity index (χ4n) is 10.0. The normalized spacial score (nSPS) is 18.8. The molecule has 412 valence electrons. The van der Waals surface area contributed by atoms with Crippen LogP contribution in [0.5, 0.6) is 0 Å². The maximum absolute atomic E-state index is 12.9. The Hall–Kier alpha value is -0.810. The van der Waals surface area contributed by atoms with Gasteiger partial charge in [0.15, 0.2) is 6.29 Å². The second kappa shape index (κ2) is 52.1. The molecule has 0 spiro atoms. The Morgan fingerprint density at radius 2 is 0.710 bits per heavy atom. The molecule has 6 unspecified atom stereocenters. The minimum absolute atomic E-state index is 0.104. The number of esters is 1. The highest BCUT2D eigenvalue weighted by atomic mass is 16.7. The van der Waals surface area contributed by atoms with Crippen molar-refractivity contribution in [2.45, 2.75) is 352 Å². The van der Waals surface area contributed by atoms with Crippen LogP contribution in [0, 0.1) is 0 Å². The lowest BCUT2D eigenvalue weighted by Crippen LogP contribution is -2.59. The fourth-order valence-corrected chi connectivity index (χ4v) is 10.0. The highest BCUT2D eigenvalue weighted by Crippen LogP contribution is 2.23. The number of carbonyl (C=O) groups is 1. The van der Waals surface area contributed by atoms with Gasteiger partial charge in [0.1, 0.15) is 30.5 Å². The Kier molecular flexibility index (Phi) is 50.0. The molecule has 0 aromatic carbocycles. The van der Waals surface area contributed by atoms with E-state index in [-0.39, 0.29) is 19.2 Å². The first-order valence-electron chi connectivity index (χ1n) is 30.6. The Bertz CT molecular complexity index is 1030. The van der Waals surface area contributed by atoms with Crippen LogP contribution >= 0.6 is 0 Å². The molecule has 9 heteroatoms. The van der Waals surface area contributed by atoms with E-state index in [4.69, 9.17) is 18.9 Å². The van der Waals surface area contributed by atoms with Crippen LogP contribution in [0.4, 0.5) is 0 Å². The van der Waals surface area contributed by atoms with Crippen molar-refractivity contribution in [3.05, 3.63) is 0 Å². The van der Waals surface area contributed by atoms with Crippen LogP contribution in [-0.2, 0) is 23.7 Å². The number of unbranched alkanes of at least 4 members (excludes halogenated alkanes) is 44. The quantitative estimate of drug-likeness (QED) is 0.0347. The summed E-state index contributed by atoms with van der Waals surface area (Å²) in [5.41, 5.74) is 0. The summed E-state index contributed by atoms with van der Waals surface area (Å²) in [5.74, 6) is -0.302. The predicted molar refractivity (Wildman–Crippen MR) is 289 cm³/mol. The van der Waals surface area contributed by atoms with Crippen LogP contribution in [0.2, 0.25) is 0 Å². The van der Waals surface area contributed by atoms with Crippen LogP contribution in [0.1, 0.15) is 316 Å². The number of aliphatic hydroxyl groups excluding tert-OH is 4. The third-order valence-electron chi connectivity index (χ3n) is 14.8. The number of rotatable bonds is 55. The van der Waals surface area contributed by atoms with Crippen LogP contribution < -0.4 is 0 Å². The summed E-state index contributed by atoms with van der Waals surface area (Å²) in [4.78, 5) is 12.9. The molecule has 0 aromatic heterocycles. The Balaban J connectivity index is 2.10. The maximum atomic E-state index is 12.9. The van der Waals surface area contributed by atoms with Crippen LogP contribution in [0.25, 0.3) is 0 Å². The molecule has 1 saturated heterocycles. The van der Waals surface area contributed by atoms with Gasteiger partial charge in [-0.1, -0.05) is 296 Å². The Morgan fingerprint density at radius 1 is 0.406 bits per heavy atom. The van der Waals surface area contributed by atoms with E-state index in [1.54, 1.807) is 0 Å². The van der Waals surface area contributed by atoms with Gasteiger partial charge >= 0.3 is 5.97 Å². The lowest BCUT2D eigenvalue weighted by molar-refractivity contribution is -0.305. The van der Waals surface area contributed by atoms with Gasteiger partial charge in [0.2, 0.25) is 0 Å². The van der Waals surface area contributed by atoms with Gasteiger partial charge in [-0.25, -0.2) is 0 Å². The van der Waals surface area contributed by atoms with Gasteiger partial charge in [0.25, 0.3) is 0 Å². The third-order valence-corrected chi connectivity index (χ3v) is 14.8. The SMILES string of the molecule is CCCCCCCCCCCCCCCCCCCCCCCCCCOCC(COC1OC(CO)C(O)C(O)C1O)OC(=O)CCCCCCCCCCCCCCCCCCCCCCCC. The van der Waals surface area contributed by atoms with Gasteiger partial charge in [0.05, 0.1) is 19.8 Å². The van der Waals surface area contributed by atoms with Gasteiger partial charge in [0, 0.05) is 13.0 Å². The third kappa shape index (κ3) is 42.3. The molecule has 6 atom stereocenters. The summed E-state index contributed by atoms with van der Waals surface area (Å²) in [6.45, 7) is 4.66. The maximum Gasteiger partial charge on any atom is 0.306 e. The van der Waals surface area contributed by atoms with E-state index >= 15 is 0 Å². The van der Waals surface area contributed by atoms with Crippen LogP contribution in [-0.4, -0.2) is 89.6 Å². The molecule has 0 saturated carbocycles. The zero-order chi connectivity index (χ0) is 49.9. The molecular formula is C60H118O9. The average molecular weight is 984 g/mol. The summed E-state index contributed by atoms with van der Waals surface area (Å²) >= 11 is 0. The lowest BCUT2D eigenvalue weighted by atomic mass is 9.99. The lowest BCUT2D eigenvalue weighted by Gasteiger charge is -2.39. The van der Waals surface area contributed by atoms with Crippen molar-refractivity contribution in [2.24, 2.45) is 0 Å². The van der Waals surface area contributed by atoms with E-state index in [2.05, 4.69) is 13.8 Å². The summed E-state index contributed by atoms with van der Waals surface area (Å²) < 4.78 is 23.0. The first-order chi connectivity index (χ1) is 33.9. The molecule has 69 heavy (non-hydrogen) atoms. The van der Waals surface area contributed by atoms with Crippen molar-refractivity contribution in [3.63, 3.8) is 0 Å². The van der Waals surface area contributed by atoms with E-state index < -0.39 is 43.4 Å². The molecule has 1 aliphatic rings. The summed E-state index contributed by atoms with van der Waals surface area (Å²) in [6.07, 6.45) is 54.5.